The molecule has 0 saturated carbocycles. The van der Waals surface area contributed by atoms with Gasteiger partial charge in [-0.15, -0.1) is 11.3 Å². The molecule has 0 bridgehead atoms. The van der Waals surface area contributed by atoms with Crippen LogP contribution in [0.2, 0.25) is 0 Å². The molecule has 3 aromatic rings. The molecular weight excluding hydrogens is 240 g/mol. The smallest absolute Gasteiger partial charge is 0.0664 e. The summed E-state index contributed by atoms with van der Waals surface area (Å²) in [7, 11) is 0. The Bertz CT molecular complexity index is 655. The van der Waals surface area contributed by atoms with Gasteiger partial charge in [0.2, 0.25) is 0 Å². The van der Waals surface area contributed by atoms with E-state index >= 15 is 0 Å². The van der Waals surface area contributed by atoms with E-state index in [1.165, 1.54) is 20.5 Å². The molecule has 0 radical (unpaired) electrons. The zero-order chi connectivity index (χ0) is 12.5. The summed E-state index contributed by atoms with van der Waals surface area (Å²) in [6, 6.07) is 12.5. The van der Waals surface area contributed by atoms with E-state index in [1.807, 2.05) is 12.3 Å². The average molecular weight is 254 g/mol. The van der Waals surface area contributed by atoms with E-state index in [2.05, 4.69) is 42.2 Å². The predicted molar refractivity (Wildman–Crippen MR) is 76.8 cm³/mol. The van der Waals surface area contributed by atoms with E-state index in [1.54, 1.807) is 17.5 Å². The Kier molecular flexibility index (Phi) is 2.86. The molecule has 0 aliphatic carbocycles. The van der Waals surface area contributed by atoms with E-state index < -0.39 is 0 Å². The van der Waals surface area contributed by atoms with Crippen molar-refractivity contribution in [1.82, 2.24) is 4.98 Å². The van der Waals surface area contributed by atoms with Crippen molar-refractivity contribution in [2.75, 3.05) is 0 Å². The molecule has 0 saturated heterocycles. The molecule has 1 unspecified atom stereocenters. The van der Waals surface area contributed by atoms with Gasteiger partial charge >= 0.3 is 0 Å². The quantitative estimate of drug-likeness (QED) is 0.758. The maximum absolute atomic E-state index is 6.35. The summed E-state index contributed by atoms with van der Waals surface area (Å²) in [4.78, 5) is 5.36. The molecule has 2 aromatic heterocycles. The second-order valence-electron chi connectivity index (χ2n) is 4.40. The van der Waals surface area contributed by atoms with Crippen molar-refractivity contribution >= 4 is 21.4 Å². The van der Waals surface area contributed by atoms with Crippen LogP contribution >= 0.6 is 11.3 Å². The van der Waals surface area contributed by atoms with Gasteiger partial charge in [-0.1, -0.05) is 18.2 Å². The summed E-state index contributed by atoms with van der Waals surface area (Å²) < 4.78 is 1.28. The zero-order valence-electron chi connectivity index (χ0n) is 10.1. The Balaban J connectivity index is 2.07. The van der Waals surface area contributed by atoms with E-state index in [4.69, 9.17) is 5.73 Å². The van der Waals surface area contributed by atoms with E-state index in [0.29, 0.717) is 0 Å². The molecule has 2 N–H and O–H groups in total. The molecule has 90 valence electrons. The van der Waals surface area contributed by atoms with Gasteiger partial charge in [0, 0.05) is 22.0 Å². The molecule has 2 nitrogen and oxygen atoms in total. The van der Waals surface area contributed by atoms with Crippen LogP contribution in [0.4, 0.5) is 0 Å². The fourth-order valence-electron chi connectivity index (χ4n) is 2.11. The van der Waals surface area contributed by atoms with Gasteiger partial charge in [0.15, 0.2) is 0 Å². The van der Waals surface area contributed by atoms with Gasteiger partial charge in [-0.25, -0.2) is 0 Å². The van der Waals surface area contributed by atoms with Crippen LogP contribution in [0, 0.1) is 6.92 Å². The first kappa shape index (κ1) is 11.4. The lowest BCUT2D eigenvalue weighted by Gasteiger charge is -2.11. The van der Waals surface area contributed by atoms with E-state index in [9.17, 15) is 0 Å². The highest BCUT2D eigenvalue weighted by Gasteiger charge is 2.14. The molecule has 0 aliphatic rings. The number of fused-ring (bicyclic) bond motifs is 1. The summed E-state index contributed by atoms with van der Waals surface area (Å²) in [5.74, 6) is 0. The molecule has 18 heavy (non-hydrogen) atoms. The Hall–Kier alpha value is -1.71. The topological polar surface area (TPSA) is 38.9 Å². The number of nitrogens with zero attached hydrogens (tertiary/aromatic N) is 1. The second-order valence-corrected chi connectivity index (χ2v) is 5.51. The standard InChI is InChI=1S/C15H14N2S/c1-10-6-7-17-9-12(10)15(16)14-8-11-4-2-3-5-13(11)18-14/h2-9,15H,16H2,1H3. The van der Waals surface area contributed by atoms with Gasteiger partial charge in [0.1, 0.15) is 0 Å². The zero-order valence-corrected chi connectivity index (χ0v) is 10.9. The maximum Gasteiger partial charge on any atom is 0.0664 e. The van der Waals surface area contributed by atoms with Crippen molar-refractivity contribution in [3.63, 3.8) is 0 Å². The number of benzene rings is 1. The molecule has 3 heteroatoms. The van der Waals surface area contributed by atoms with Gasteiger partial charge in [-0.3, -0.25) is 4.98 Å². The number of hydrogen-bond acceptors (Lipinski definition) is 3. The summed E-state index contributed by atoms with van der Waals surface area (Å²) in [5, 5.41) is 1.26. The SMILES string of the molecule is Cc1ccncc1C(N)c1cc2ccccc2s1. The first-order valence-corrected chi connectivity index (χ1v) is 6.72. The van der Waals surface area contributed by atoms with Gasteiger partial charge in [0.25, 0.3) is 0 Å². The summed E-state index contributed by atoms with van der Waals surface area (Å²) in [6.45, 7) is 2.07. The van der Waals surface area contributed by atoms with Crippen molar-refractivity contribution < 1.29 is 0 Å². The maximum atomic E-state index is 6.35. The molecule has 0 spiro atoms. The van der Waals surface area contributed by atoms with Crippen LogP contribution in [0.5, 0.6) is 0 Å². The van der Waals surface area contributed by atoms with Crippen molar-refractivity contribution in [3.8, 4) is 0 Å². The van der Waals surface area contributed by atoms with Crippen LogP contribution < -0.4 is 5.73 Å². The summed E-state index contributed by atoms with van der Waals surface area (Å²) in [6.07, 6.45) is 3.67. The minimum absolute atomic E-state index is 0.0869. The molecule has 0 aliphatic heterocycles. The van der Waals surface area contributed by atoms with Crippen LogP contribution in [0.15, 0.2) is 48.8 Å². The van der Waals surface area contributed by atoms with Gasteiger partial charge in [-0.2, -0.15) is 0 Å². The largest absolute Gasteiger partial charge is 0.320 e. The van der Waals surface area contributed by atoms with Crippen LogP contribution in [0.25, 0.3) is 10.1 Å². The lowest BCUT2D eigenvalue weighted by atomic mass is 10.0. The highest BCUT2D eigenvalue weighted by Crippen LogP contribution is 2.32. The third-order valence-electron chi connectivity index (χ3n) is 3.17. The third kappa shape index (κ3) is 1.92. The molecule has 0 amide bonds. The lowest BCUT2D eigenvalue weighted by molar-refractivity contribution is 0.873. The van der Waals surface area contributed by atoms with Gasteiger partial charge < -0.3 is 5.73 Å². The first-order valence-electron chi connectivity index (χ1n) is 5.90. The van der Waals surface area contributed by atoms with Crippen molar-refractivity contribution in [2.45, 2.75) is 13.0 Å². The summed E-state index contributed by atoms with van der Waals surface area (Å²) >= 11 is 1.76. The average Bonchev–Trinajstić information content (AvgIpc) is 2.82. The fraction of sp³-hybridized carbons (Fsp3) is 0.133. The molecule has 0 fully saturated rings. The number of pyridine rings is 1. The third-order valence-corrected chi connectivity index (χ3v) is 4.36. The number of aromatic nitrogens is 1. The molecule has 1 atom stereocenters. The number of aryl methyl sites for hydroxylation is 1. The predicted octanol–water partition coefficient (Wildman–Crippen LogP) is 3.65. The fourth-order valence-corrected chi connectivity index (χ4v) is 3.20. The van der Waals surface area contributed by atoms with Crippen LogP contribution in [0.3, 0.4) is 0 Å². The van der Waals surface area contributed by atoms with E-state index in [-0.39, 0.29) is 6.04 Å². The second kappa shape index (κ2) is 4.52. The molecular formula is C15H14N2S. The Morgan fingerprint density at radius 2 is 2.06 bits per heavy atom. The van der Waals surface area contributed by atoms with Gasteiger partial charge in [0.05, 0.1) is 6.04 Å². The normalized spacial score (nSPS) is 12.8. The Morgan fingerprint density at radius 1 is 1.22 bits per heavy atom. The van der Waals surface area contributed by atoms with Crippen molar-refractivity contribution in [2.24, 2.45) is 5.73 Å². The number of thiophene rings is 1. The minimum atomic E-state index is -0.0869. The first-order chi connectivity index (χ1) is 8.75. The Morgan fingerprint density at radius 3 is 2.83 bits per heavy atom. The summed E-state index contributed by atoms with van der Waals surface area (Å²) in [5.41, 5.74) is 8.64. The van der Waals surface area contributed by atoms with E-state index in [0.717, 1.165) is 5.56 Å². The van der Waals surface area contributed by atoms with Crippen LogP contribution in [0.1, 0.15) is 22.0 Å². The monoisotopic (exact) mass is 254 g/mol. The van der Waals surface area contributed by atoms with Crippen LogP contribution in [-0.2, 0) is 0 Å². The Labute approximate surface area is 110 Å². The highest BCUT2D eigenvalue weighted by molar-refractivity contribution is 7.19. The number of rotatable bonds is 2. The number of hydrogen-bond donors (Lipinski definition) is 1. The lowest BCUT2D eigenvalue weighted by Crippen LogP contribution is -2.11. The van der Waals surface area contributed by atoms with Gasteiger partial charge in [-0.05, 0) is 41.6 Å². The van der Waals surface area contributed by atoms with Crippen molar-refractivity contribution in [1.29, 1.82) is 0 Å². The molecule has 3 rings (SSSR count). The van der Waals surface area contributed by atoms with Crippen LogP contribution in [-0.4, -0.2) is 4.98 Å². The van der Waals surface area contributed by atoms with Crippen molar-refractivity contribution in [3.05, 3.63) is 64.8 Å². The highest BCUT2D eigenvalue weighted by atomic mass is 32.1. The molecule has 2 heterocycles. The molecule has 1 aromatic carbocycles. The minimum Gasteiger partial charge on any atom is -0.320 e. The number of nitrogens with two attached hydrogens (primary N) is 1.